The van der Waals surface area contributed by atoms with Crippen LogP contribution in [-0.2, 0) is 11.3 Å². The van der Waals surface area contributed by atoms with Crippen LogP contribution in [0, 0.1) is 0 Å². The van der Waals surface area contributed by atoms with E-state index in [2.05, 4.69) is 32.4 Å². The van der Waals surface area contributed by atoms with Crippen molar-refractivity contribution in [3.05, 3.63) is 18.1 Å². The monoisotopic (exact) mass is 291 g/mol. The van der Waals surface area contributed by atoms with Crippen molar-refractivity contribution in [3.63, 3.8) is 0 Å². The number of amides is 1. The predicted molar refractivity (Wildman–Crippen MR) is 82.9 cm³/mol. The Hall–Kier alpha value is -1.69. The van der Waals surface area contributed by atoms with Crippen LogP contribution in [0.3, 0.4) is 0 Å². The van der Waals surface area contributed by atoms with Gasteiger partial charge in [-0.1, -0.05) is 6.92 Å². The van der Waals surface area contributed by atoms with E-state index in [1.807, 2.05) is 6.20 Å². The van der Waals surface area contributed by atoms with Gasteiger partial charge in [0.1, 0.15) is 5.82 Å². The van der Waals surface area contributed by atoms with Crippen LogP contribution >= 0.6 is 0 Å². The zero-order chi connectivity index (χ0) is 15.1. The van der Waals surface area contributed by atoms with Crippen molar-refractivity contribution in [2.75, 3.05) is 25.0 Å². The number of anilines is 1. The highest BCUT2D eigenvalue weighted by atomic mass is 16.1. The summed E-state index contributed by atoms with van der Waals surface area (Å²) in [6.07, 6.45) is 6.73. The number of hydrogen-bond donors (Lipinski definition) is 2. The molecule has 1 aliphatic rings. The summed E-state index contributed by atoms with van der Waals surface area (Å²) in [4.78, 5) is 22.2. The Morgan fingerprint density at radius 2 is 2.10 bits per heavy atom. The molecule has 0 unspecified atom stereocenters. The second-order valence-electron chi connectivity index (χ2n) is 5.57. The molecule has 0 spiro atoms. The molecule has 116 valence electrons. The summed E-state index contributed by atoms with van der Waals surface area (Å²) < 4.78 is 0. The average molecular weight is 291 g/mol. The van der Waals surface area contributed by atoms with Crippen molar-refractivity contribution in [1.82, 2.24) is 20.2 Å². The molecule has 2 N–H and O–H groups in total. The van der Waals surface area contributed by atoms with Crippen LogP contribution in [0.2, 0.25) is 0 Å². The first-order valence-corrected chi connectivity index (χ1v) is 7.71. The number of hydrogen-bond acceptors (Lipinski definition) is 5. The standard InChI is InChI=1S/C15H25N5O/c1-3-6-16-15-10-17-14(9-18-15)11-20-7-4-13(5-8-20)19-12(2)21/h9-10,13H,3-8,11H2,1-2H3,(H,16,18)(H,19,21). The number of carbonyl (C=O) groups excluding carboxylic acids is 1. The van der Waals surface area contributed by atoms with E-state index in [1.165, 1.54) is 0 Å². The van der Waals surface area contributed by atoms with Crippen LogP contribution in [0.1, 0.15) is 38.8 Å². The molecule has 0 aliphatic carbocycles. The lowest BCUT2D eigenvalue weighted by Gasteiger charge is -2.31. The fraction of sp³-hybridized carbons (Fsp3) is 0.667. The lowest BCUT2D eigenvalue weighted by atomic mass is 10.0. The van der Waals surface area contributed by atoms with Gasteiger partial charge in [-0.15, -0.1) is 0 Å². The van der Waals surface area contributed by atoms with Crippen molar-refractivity contribution in [2.24, 2.45) is 0 Å². The molecule has 0 aromatic carbocycles. The minimum atomic E-state index is 0.0643. The van der Waals surface area contributed by atoms with E-state index in [0.29, 0.717) is 6.04 Å². The number of piperidine rings is 1. The number of aromatic nitrogens is 2. The minimum Gasteiger partial charge on any atom is -0.369 e. The fourth-order valence-corrected chi connectivity index (χ4v) is 2.53. The predicted octanol–water partition coefficient (Wildman–Crippen LogP) is 1.40. The highest BCUT2D eigenvalue weighted by Crippen LogP contribution is 2.13. The second kappa shape index (κ2) is 7.93. The summed E-state index contributed by atoms with van der Waals surface area (Å²) in [6, 6.07) is 0.324. The van der Waals surface area contributed by atoms with Gasteiger partial charge in [-0.2, -0.15) is 0 Å². The molecule has 21 heavy (non-hydrogen) atoms. The molecule has 1 amide bonds. The Labute approximate surface area is 126 Å². The van der Waals surface area contributed by atoms with Crippen LogP contribution < -0.4 is 10.6 Å². The number of nitrogens with one attached hydrogen (secondary N) is 2. The lowest BCUT2D eigenvalue weighted by molar-refractivity contribution is -0.119. The van der Waals surface area contributed by atoms with Gasteiger partial charge in [0.2, 0.25) is 5.91 Å². The molecule has 1 fully saturated rings. The van der Waals surface area contributed by atoms with Crippen molar-refractivity contribution in [3.8, 4) is 0 Å². The molecule has 0 saturated carbocycles. The SMILES string of the molecule is CCCNc1cnc(CN2CCC(NC(C)=O)CC2)cn1. The Morgan fingerprint density at radius 3 is 2.67 bits per heavy atom. The summed E-state index contributed by atoms with van der Waals surface area (Å²) >= 11 is 0. The molecular formula is C15H25N5O. The maximum Gasteiger partial charge on any atom is 0.217 e. The van der Waals surface area contributed by atoms with Crippen molar-refractivity contribution >= 4 is 11.7 Å². The van der Waals surface area contributed by atoms with Crippen LogP contribution in [0.5, 0.6) is 0 Å². The largest absolute Gasteiger partial charge is 0.369 e. The van der Waals surface area contributed by atoms with Gasteiger partial charge >= 0.3 is 0 Å². The minimum absolute atomic E-state index is 0.0643. The van der Waals surface area contributed by atoms with Crippen molar-refractivity contribution in [2.45, 2.75) is 45.7 Å². The number of rotatable bonds is 6. The molecule has 1 aromatic rings. The first-order valence-electron chi connectivity index (χ1n) is 7.71. The molecule has 0 bridgehead atoms. The summed E-state index contributed by atoms with van der Waals surface area (Å²) in [5, 5.41) is 6.21. The highest BCUT2D eigenvalue weighted by Gasteiger charge is 2.19. The summed E-state index contributed by atoms with van der Waals surface area (Å²) in [5.74, 6) is 0.902. The van der Waals surface area contributed by atoms with Gasteiger partial charge in [-0.25, -0.2) is 4.98 Å². The Bertz CT molecular complexity index is 440. The number of likely N-dealkylation sites (tertiary alicyclic amines) is 1. The van der Waals surface area contributed by atoms with E-state index in [1.54, 1.807) is 13.1 Å². The average Bonchev–Trinajstić information content (AvgIpc) is 2.48. The number of nitrogens with zero attached hydrogens (tertiary/aromatic N) is 3. The quantitative estimate of drug-likeness (QED) is 0.829. The van der Waals surface area contributed by atoms with Gasteiger partial charge in [0, 0.05) is 39.1 Å². The van der Waals surface area contributed by atoms with Gasteiger partial charge in [0.25, 0.3) is 0 Å². The van der Waals surface area contributed by atoms with Crippen LogP contribution in [-0.4, -0.2) is 46.5 Å². The van der Waals surface area contributed by atoms with E-state index in [9.17, 15) is 4.79 Å². The smallest absolute Gasteiger partial charge is 0.217 e. The Kier molecular flexibility index (Phi) is 5.92. The molecule has 2 rings (SSSR count). The maximum atomic E-state index is 11.0. The third-order valence-electron chi connectivity index (χ3n) is 3.64. The summed E-state index contributed by atoms with van der Waals surface area (Å²) in [6.45, 7) is 7.43. The van der Waals surface area contributed by atoms with Crippen LogP contribution in [0.15, 0.2) is 12.4 Å². The zero-order valence-corrected chi connectivity index (χ0v) is 12.9. The Morgan fingerprint density at radius 1 is 1.33 bits per heavy atom. The molecule has 6 heteroatoms. The molecule has 0 atom stereocenters. The summed E-state index contributed by atoms with van der Waals surface area (Å²) in [5.41, 5.74) is 0.995. The zero-order valence-electron chi connectivity index (χ0n) is 12.9. The molecule has 1 saturated heterocycles. The maximum absolute atomic E-state index is 11.0. The van der Waals surface area contributed by atoms with Gasteiger partial charge in [-0.3, -0.25) is 14.7 Å². The molecule has 6 nitrogen and oxygen atoms in total. The van der Waals surface area contributed by atoms with E-state index in [0.717, 1.165) is 57.0 Å². The van der Waals surface area contributed by atoms with Crippen LogP contribution in [0.25, 0.3) is 0 Å². The Balaban J connectivity index is 1.76. The van der Waals surface area contributed by atoms with E-state index < -0.39 is 0 Å². The molecule has 0 radical (unpaired) electrons. The third kappa shape index (κ3) is 5.30. The van der Waals surface area contributed by atoms with Crippen molar-refractivity contribution in [1.29, 1.82) is 0 Å². The molecule has 1 aromatic heterocycles. The van der Waals surface area contributed by atoms with E-state index in [4.69, 9.17) is 0 Å². The summed E-state index contributed by atoms with van der Waals surface area (Å²) in [7, 11) is 0. The van der Waals surface area contributed by atoms with E-state index >= 15 is 0 Å². The van der Waals surface area contributed by atoms with Gasteiger partial charge < -0.3 is 10.6 Å². The normalized spacial score (nSPS) is 16.7. The fourth-order valence-electron chi connectivity index (χ4n) is 2.53. The molecule has 2 heterocycles. The molecular weight excluding hydrogens is 266 g/mol. The van der Waals surface area contributed by atoms with Gasteiger partial charge in [-0.05, 0) is 19.3 Å². The van der Waals surface area contributed by atoms with E-state index in [-0.39, 0.29) is 5.91 Å². The third-order valence-corrected chi connectivity index (χ3v) is 3.64. The lowest BCUT2D eigenvalue weighted by Crippen LogP contribution is -2.43. The first-order chi connectivity index (χ1) is 10.2. The number of carbonyl (C=O) groups is 1. The first kappa shape index (κ1) is 15.7. The van der Waals surface area contributed by atoms with Crippen LogP contribution in [0.4, 0.5) is 5.82 Å². The van der Waals surface area contributed by atoms with Gasteiger partial charge in [0.05, 0.1) is 18.1 Å². The highest BCUT2D eigenvalue weighted by molar-refractivity contribution is 5.73. The van der Waals surface area contributed by atoms with Crippen molar-refractivity contribution < 1.29 is 4.79 Å². The topological polar surface area (TPSA) is 70.2 Å². The second-order valence-corrected chi connectivity index (χ2v) is 5.57. The molecule has 1 aliphatic heterocycles. The van der Waals surface area contributed by atoms with Gasteiger partial charge in [0.15, 0.2) is 0 Å².